The van der Waals surface area contributed by atoms with E-state index in [1.54, 1.807) is 24.4 Å². The number of ether oxygens (including phenoxy) is 1. The van der Waals surface area contributed by atoms with Gasteiger partial charge in [0.05, 0.1) is 6.54 Å². The minimum Gasteiger partial charge on any atom is -0.439 e. The fourth-order valence-corrected chi connectivity index (χ4v) is 2.38. The first-order valence-corrected chi connectivity index (χ1v) is 8.57. The number of benzene rings is 1. The second-order valence-corrected chi connectivity index (χ2v) is 6.22. The van der Waals surface area contributed by atoms with Crippen molar-refractivity contribution in [3.05, 3.63) is 54.0 Å². The van der Waals surface area contributed by atoms with Gasteiger partial charge in [-0.15, -0.1) is 24.0 Å². The molecule has 2 atom stereocenters. The lowest BCUT2D eigenvalue weighted by Crippen LogP contribution is -2.39. The zero-order valence-corrected chi connectivity index (χ0v) is 17.2. The number of aliphatic imine (C=N–C) groups is 1. The van der Waals surface area contributed by atoms with Gasteiger partial charge in [-0.2, -0.15) is 0 Å². The highest BCUT2D eigenvalue weighted by atomic mass is 127. The Kier molecular flexibility index (Phi) is 7.62. The van der Waals surface area contributed by atoms with E-state index in [2.05, 4.69) is 34.5 Å². The molecule has 0 spiro atoms. The lowest BCUT2D eigenvalue weighted by atomic mass is 10.3. The Bertz CT molecular complexity index is 721. The molecule has 1 aromatic heterocycles. The molecule has 2 unspecified atom stereocenters. The molecule has 5 nitrogen and oxygen atoms in total. The van der Waals surface area contributed by atoms with Gasteiger partial charge in [-0.05, 0) is 49.1 Å². The van der Waals surface area contributed by atoms with Crippen LogP contribution in [0.25, 0.3) is 0 Å². The second-order valence-electron chi connectivity index (χ2n) is 6.22. The number of pyridine rings is 1. The van der Waals surface area contributed by atoms with Crippen LogP contribution < -0.4 is 15.4 Å². The van der Waals surface area contributed by atoms with Gasteiger partial charge in [-0.1, -0.05) is 13.0 Å². The number of aromatic nitrogens is 1. The summed E-state index contributed by atoms with van der Waals surface area (Å²) >= 11 is 0. The lowest BCUT2D eigenvalue weighted by molar-refractivity contribution is 0.461. The van der Waals surface area contributed by atoms with Crippen molar-refractivity contribution in [2.24, 2.45) is 10.9 Å². The van der Waals surface area contributed by atoms with Crippen LogP contribution >= 0.6 is 24.0 Å². The van der Waals surface area contributed by atoms with E-state index in [1.165, 1.54) is 18.6 Å². The van der Waals surface area contributed by atoms with E-state index in [0.717, 1.165) is 18.1 Å². The number of nitrogens with one attached hydrogen (secondary N) is 2. The number of hydrogen-bond donors (Lipinski definition) is 2. The minimum absolute atomic E-state index is 0. The third-order valence-electron chi connectivity index (χ3n) is 4.03. The Morgan fingerprint density at radius 3 is 2.58 bits per heavy atom. The predicted octanol–water partition coefficient (Wildman–Crippen LogP) is 4.09. The van der Waals surface area contributed by atoms with E-state index in [-0.39, 0.29) is 29.8 Å². The van der Waals surface area contributed by atoms with Crippen molar-refractivity contribution in [1.82, 2.24) is 15.6 Å². The maximum Gasteiger partial charge on any atom is 0.219 e. The fraction of sp³-hybridized carbons (Fsp3) is 0.368. The largest absolute Gasteiger partial charge is 0.439 e. The average Bonchev–Trinajstić information content (AvgIpc) is 3.31. The summed E-state index contributed by atoms with van der Waals surface area (Å²) in [6.07, 6.45) is 2.94. The van der Waals surface area contributed by atoms with Crippen molar-refractivity contribution in [3.63, 3.8) is 0 Å². The van der Waals surface area contributed by atoms with Crippen LogP contribution in [0.15, 0.2) is 47.6 Å². The van der Waals surface area contributed by atoms with Gasteiger partial charge in [0.2, 0.25) is 5.88 Å². The molecule has 1 fully saturated rings. The molecule has 0 saturated heterocycles. The first-order chi connectivity index (χ1) is 12.1. The van der Waals surface area contributed by atoms with E-state index in [9.17, 15) is 4.39 Å². The van der Waals surface area contributed by atoms with Crippen molar-refractivity contribution < 1.29 is 9.13 Å². The molecule has 1 saturated carbocycles. The molecule has 0 aliphatic heterocycles. The van der Waals surface area contributed by atoms with E-state index < -0.39 is 0 Å². The summed E-state index contributed by atoms with van der Waals surface area (Å²) in [5.74, 6) is 2.28. The van der Waals surface area contributed by atoms with Gasteiger partial charge in [-0.25, -0.2) is 14.4 Å². The molecule has 1 aliphatic rings. The Hall–Kier alpha value is -1.90. The first-order valence-electron chi connectivity index (χ1n) is 8.57. The summed E-state index contributed by atoms with van der Waals surface area (Å²) in [6, 6.07) is 10.1. The van der Waals surface area contributed by atoms with E-state index in [0.29, 0.717) is 30.1 Å². The number of halogens is 2. The zero-order valence-electron chi connectivity index (χ0n) is 14.9. The van der Waals surface area contributed by atoms with Crippen LogP contribution in [-0.2, 0) is 6.54 Å². The lowest BCUT2D eigenvalue weighted by Gasteiger charge is -2.10. The molecule has 7 heteroatoms. The molecule has 3 rings (SSSR count). The summed E-state index contributed by atoms with van der Waals surface area (Å²) < 4.78 is 18.5. The monoisotopic (exact) mass is 470 g/mol. The van der Waals surface area contributed by atoms with Gasteiger partial charge in [0.15, 0.2) is 5.96 Å². The standard InChI is InChI=1S/C19H23FN4O.HI/c1-3-21-19(24-17-10-13(17)2)23-12-14-4-9-18(22-11-14)25-16-7-5-15(20)6-8-16;/h4-9,11,13,17H,3,10,12H2,1-2H3,(H2,21,23,24);1H. The van der Waals surface area contributed by atoms with Gasteiger partial charge in [0.1, 0.15) is 11.6 Å². The Morgan fingerprint density at radius 1 is 1.27 bits per heavy atom. The van der Waals surface area contributed by atoms with Crippen LogP contribution in [0.4, 0.5) is 4.39 Å². The molecule has 0 amide bonds. The predicted molar refractivity (Wildman–Crippen MR) is 112 cm³/mol. The van der Waals surface area contributed by atoms with Crippen molar-refractivity contribution in [2.75, 3.05) is 6.54 Å². The van der Waals surface area contributed by atoms with E-state index in [4.69, 9.17) is 4.74 Å². The topological polar surface area (TPSA) is 58.5 Å². The minimum atomic E-state index is -0.292. The molecule has 140 valence electrons. The van der Waals surface area contributed by atoms with E-state index >= 15 is 0 Å². The van der Waals surface area contributed by atoms with Crippen molar-refractivity contribution in [2.45, 2.75) is 32.9 Å². The number of nitrogens with zero attached hydrogens (tertiary/aromatic N) is 2. The number of guanidine groups is 1. The maximum absolute atomic E-state index is 12.9. The Morgan fingerprint density at radius 2 is 2.00 bits per heavy atom. The van der Waals surface area contributed by atoms with Crippen LogP contribution in [0.1, 0.15) is 25.8 Å². The van der Waals surface area contributed by atoms with Crippen molar-refractivity contribution in [1.29, 1.82) is 0 Å². The van der Waals surface area contributed by atoms with Gasteiger partial charge in [0, 0.05) is 24.8 Å². The van der Waals surface area contributed by atoms with Crippen molar-refractivity contribution in [3.8, 4) is 11.6 Å². The summed E-state index contributed by atoms with van der Waals surface area (Å²) in [5, 5.41) is 6.68. The highest BCUT2D eigenvalue weighted by molar-refractivity contribution is 14.0. The number of rotatable bonds is 6. The SMILES string of the molecule is CCNC(=NCc1ccc(Oc2ccc(F)cc2)nc1)NC1CC1C.I. The molecule has 1 aromatic carbocycles. The van der Waals surface area contributed by atoms with E-state index in [1.807, 2.05) is 6.07 Å². The summed E-state index contributed by atoms with van der Waals surface area (Å²) in [5.41, 5.74) is 0.993. The highest BCUT2D eigenvalue weighted by Gasteiger charge is 2.33. The molecule has 0 radical (unpaired) electrons. The summed E-state index contributed by atoms with van der Waals surface area (Å²) in [6.45, 7) is 5.65. The maximum atomic E-state index is 12.9. The highest BCUT2D eigenvalue weighted by Crippen LogP contribution is 2.28. The zero-order chi connectivity index (χ0) is 17.6. The second kappa shape index (κ2) is 9.70. The van der Waals surface area contributed by atoms with Gasteiger partial charge in [0.25, 0.3) is 0 Å². The molecular formula is C19H24FIN4O. The van der Waals surface area contributed by atoms with Crippen LogP contribution in [0.5, 0.6) is 11.6 Å². The summed E-state index contributed by atoms with van der Waals surface area (Å²) in [4.78, 5) is 8.87. The quantitative estimate of drug-likeness (QED) is 0.380. The fourth-order valence-electron chi connectivity index (χ4n) is 2.38. The summed E-state index contributed by atoms with van der Waals surface area (Å²) in [7, 11) is 0. The Labute approximate surface area is 170 Å². The number of hydrogen-bond acceptors (Lipinski definition) is 3. The molecule has 1 aliphatic carbocycles. The molecule has 1 heterocycles. The molecule has 0 bridgehead atoms. The third-order valence-corrected chi connectivity index (χ3v) is 4.03. The van der Waals surface area contributed by atoms with Crippen LogP contribution in [0.2, 0.25) is 0 Å². The molecule has 2 aromatic rings. The normalized spacial score (nSPS) is 18.7. The average molecular weight is 470 g/mol. The van der Waals surface area contributed by atoms with Crippen LogP contribution in [-0.4, -0.2) is 23.5 Å². The molecular weight excluding hydrogens is 446 g/mol. The van der Waals surface area contributed by atoms with Gasteiger partial charge in [-0.3, -0.25) is 0 Å². The smallest absolute Gasteiger partial charge is 0.219 e. The molecule has 2 N–H and O–H groups in total. The van der Waals surface area contributed by atoms with Crippen molar-refractivity contribution >= 4 is 29.9 Å². The first kappa shape index (κ1) is 20.4. The third kappa shape index (κ3) is 6.12. The van der Waals surface area contributed by atoms with Gasteiger partial charge >= 0.3 is 0 Å². The Balaban J connectivity index is 0.00000243. The van der Waals surface area contributed by atoms with Gasteiger partial charge < -0.3 is 15.4 Å². The van der Waals surface area contributed by atoms with Crippen LogP contribution in [0.3, 0.4) is 0 Å². The van der Waals surface area contributed by atoms with Crippen LogP contribution in [0, 0.1) is 11.7 Å². The molecule has 26 heavy (non-hydrogen) atoms.